The van der Waals surface area contributed by atoms with Gasteiger partial charge in [0.25, 0.3) is 5.91 Å². The maximum Gasteiger partial charge on any atom is 0.271 e. The number of aromatic nitrogens is 5. The third kappa shape index (κ3) is 3.30. The predicted octanol–water partition coefficient (Wildman–Crippen LogP) is 2.04. The number of aromatic amines is 1. The highest BCUT2D eigenvalue weighted by Crippen LogP contribution is 2.16. The van der Waals surface area contributed by atoms with Crippen molar-refractivity contribution >= 4 is 16.8 Å². The lowest BCUT2D eigenvalue weighted by Crippen LogP contribution is -2.27. The Balaban J connectivity index is 1.38. The van der Waals surface area contributed by atoms with Crippen LogP contribution in [0.4, 0.5) is 0 Å². The maximum absolute atomic E-state index is 12.2. The molecule has 1 amide bonds. The summed E-state index contributed by atoms with van der Waals surface area (Å²) in [5, 5.41) is 15.2. The first kappa shape index (κ1) is 15.2. The van der Waals surface area contributed by atoms with E-state index in [9.17, 15) is 4.79 Å². The van der Waals surface area contributed by atoms with Gasteiger partial charge >= 0.3 is 0 Å². The van der Waals surface area contributed by atoms with Crippen LogP contribution in [0, 0.1) is 0 Å². The van der Waals surface area contributed by atoms with Crippen LogP contribution in [0.1, 0.15) is 16.2 Å². The average molecular weight is 334 g/mol. The molecule has 1 aromatic carbocycles. The first-order valence-corrected chi connectivity index (χ1v) is 8.13. The van der Waals surface area contributed by atoms with Gasteiger partial charge in [-0.1, -0.05) is 18.2 Å². The maximum atomic E-state index is 12.2. The molecule has 0 spiro atoms. The van der Waals surface area contributed by atoms with E-state index in [0.29, 0.717) is 25.3 Å². The van der Waals surface area contributed by atoms with E-state index in [-0.39, 0.29) is 5.91 Å². The zero-order chi connectivity index (χ0) is 17.1. The van der Waals surface area contributed by atoms with E-state index in [2.05, 4.69) is 43.4 Å². The highest BCUT2D eigenvalue weighted by molar-refractivity contribution is 5.92. The van der Waals surface area contributed by atoms with E-state index in [0.717, 1.165) is 11.2 Å². The van der Waals surface area contributed by atoms with Crippen LogP contribution in [0.15, 0.2) is 61.1 Å². The van der Waals surface area contributed by atoms with Crippen molar-refractivity contribution < 1.29 is 4.79 Å². The van der Waals surface area contributed by atoms with E-state index in [1.165, 1.54) is 5.39 Å². The number of H-pyrrole nitrogens is 1. The smallest absolute Gasteiger partial charge is 0.271 e. The molecule has 0 aliphatic heterocycles. The molecule has 0 fully saturated rings. The lowest BCUT2D eigenvalue weighted by Gasteiger charge is -2.03. The van der Waals surface area contributed by atoms with E-state index in [1.54, 1.807) is 16.9 Å². The molecule has 3 heterocycles. The second-order valence-electron chi connectivity index (χ2n) is 5.81. The van der Waals surface area contributed by atoms with Gasteiger partial charge in [-0.05, 0) is 29.7 Å². The van der Waals surface area contributed by atoms with E-state index < -0.39 is 0 Å². The molecule has 3 aromatic heterocycles. The minimum absolute atomic E-state index is 0.188. The molecular formula is C18H18N6O. The highest BCUT2D eigenvalue weighted by Gasteiger charge is 2.11. The molecule has 7 nitrogen and oxygen atoms in total. The first-order chi connectivity index (χ1) is 12.3. The Labute approximate surface area is 144 Å². The number of nitrogens with zero attached hydrogens (tertiary/aromatic N) is 4. The molecule has 126 valence electrons. The minimum Gasteiger partial charge on any atom is -0.349 e. The third-order valence-corrected chi connectivity index (χ3v) is 4.07. The van der Waals surface area contributed by atoms with Gasteiger partial charge in [-0.25, -0.2) is 0 Å². The number of para-hydroxylation sites is 1. The van der Waals surface area contributed by atoms with E-state index in [1.807, 2.05) is 30.6 Å². The van der Waals surface area contributed by atoms with Crippen LogP contribution >= 0.6 is 0 Å². The van der Waals surface area contributed by atoms with Crippen molar-refractivity contribution in [1.29, 1.82) is 0 Å². The van der Waals surface area contributed by atoms with Gasteiger partial charge in [0.1, 0.15) is 5.69 Å². The van der Waals surface area contributed by atoms with Crippen LogP contribution in [-0.4, -0.2) is 37.0 Å². The Bertz CT molecular complexity index is 982. The monoisotopic (exact) mass is 334 g/mol. The summed E-state index contributed by atoms with van der Waals surface area (Å²) in [5.74, 6) is -0.188. The van der Waals surface area contributed by atoms with Gasteiger partial charge in [-0.2, -0.15) is 10.2 Å². The number of rotatable bonds is 6. The topological polar surface area (TPSA) is 80.5 Å². The fourth-order valence-corrected chi connectivity index (χ4v) is 2.83. The fraction of sp³-hybridized carbons (Fsp3) is 0.167. The number of hydrogen-bond donors (Lipinski definition) is 2. The van der Waals surface area contributed by atoms with Gasteiger partial charge in [0, 0.05) is 30.7 Å². The molecule has 25 heavy (non-hydrogen) atoms. The number of benzene rings is 1. The largest absolute Gasteiger partial charge is 0.349 e. The summed E-state index contributed by atoms with van der Waals surface area (Å²) < 4.78 is 3.90. The Morgan fingerprint density at radius 2 is 2.08 bits per heavy atom. The quantitative estimate of drug-likeness (QED) is 0.566. The molecule has 0 bridgehead atoms. The van der Waals surface area contributed by atoms with Crippen molar-refractivity contribution in [3.05, 3.63) is 72.4 Å². The van der Waals surface area contributed by atoms with Crippen LogP contribution in [0.3, 0.4) is 0 Å². The third-order valence-electron chi connectivity index (χ3n) is 4.07. The molecule has 7 heteroatoms. The SMILES string of the molecule is O=C(NCCn1cccn1)c1cc(Cn2ccc3ccccc32)[nH]n1. The summed E-state index contributed by atoms with van der Waals surface area (Å²) in [5.41, 5.74) is 2.44. The van der Waals surface area contributed by atoms with Crippen molar-refractivity contribution in [3.8, 4) is 0 Å². The number of fused-ring (bicyclic) bond motifs is 1. The standard InChI is InChI=1S/C18H18N6O/c25-18(19-8-11-24-9-3-7-20-24)16-12-15(21-22-16)13-23-10-6-14-4-1-2-5-17(14)23/h1-7,9-10,12H,8,11,13H2,(H,19,25)(H,21,22). The van der Waals surface area contributed by atoms with Crippen molar-refractivity contribution in [3.63, 3.8) is 0 Å². The number of carbonyl (C=O) groups is 1. The summed E-state index contributed by atoms with van der Waals surface area (Å²) in [6.07, 6.45) is 5.61. The predicted molar refractivity (Wildman–Crippen MR) is 94.2 cm³/mol. The molecule has 4 rings (SSSR count). The van der Waals surface area contributed by atoms with Gasteiger partial charge in [-0.3, -0.25) is 14.6 Å². The normalized spacial score (nSPS) is 11.0. The summed E-state index contributed by atoms with van der Waals surface area (Å²) in [6, 6.07) is 13.9. The van der Waals surface area contributed by atoms with Crippen LogP contribution in [-0.2, 0) is 13.1 Å². The Kier molecular flexibility index (Phi) is 4.04. The summed E-state index contributed by atoms with van der Waals surface area (Å²) in [6.45, 7) is 1.78. The van der Waals surface area contributed by atoms with E-state index >= 15 is 0 Å². The lowest BCUT2D eigenvalue weighted by atomic mass is 10.2. The molecule has 0 unspecified atom stereocenters. The van der Waals surface area contributed by atoms with Crippen molar-refractivity contribution in [2.24, 2.45) is 0 Å². The number of carbonyl (C=O) groups excluding carboxylic acids is 1. The Morgan fingerprint density at radius 1 is 1.16 bits per heavy atom. The van der Waals surface area contributed by atoms with Gasteiger partial charge in [0.15, 0.2) is 0 Å². The summed E-state index contributed by atoms with van der Waals surface area (Å²) in [7, 11) is 0. The zero-order valence-corrected chi connectivity index (χ0v) is 13.6. The van der Waals surface area contributed by atoms with Gasteiger partial charge in [-0.15, -0.1) is 0 Å². The second kappa shape index (κ2) is 6.64. The van der Waals surface area contributed by atoms with Crippen LogP contribution < -0.4 is 5.32 Å². The van der Waals surface area contributed by atoms with Gasteiger partial charge in [0.05, 0.1) is 18.8 Å². The summed E-state index contributed by atoms with van der Waals surface area (Å²) in [4.78, 5) is 12.2. The number of amides is 1. The summed E-state index contributed by atoms with van der Waals surface area (Å²) >= 11 is 0. The molecule has 0 radical (unpaired) electrons. The van der Waals surface area contributed by atoms with Gasteiger partial charge in [0.2, 0.25) is 0 Å². The van der Waals surface area contributed by atoms with Gasteiger partial charge < -0.3 is 9.88 Å². The fourth-order valence-electron chi connectivity index (χ4n) is 2.83. The molecule has 0 saturated carbocycles. The van der Waals surface area contributed by atoms with Crippen LogP contribution in [0.5, 0.6) is 0 Å². The lowest BCUT2D eigenvalue weighted by molar-refractivity contribution is 0.0947. The van der Waals surface area contributed by atoms with E-state index in [4.69, 9.17) is 0 Å². The van der Waals surface area contributed by atoms with Crippen LogP contribution in [0.25, 0.3) is 10.9 Å². The molecule has 0 aliphatic rings. The first-order valence-electron chi connectivity index (χ1n) is 8.13. The highest BCUT2D eigenvalue weighted by atomic mass is 16.1. The molecule has 4 aromatic rings. The number of hydrogen-bond acceptors (Lipinski definition) is 3. The van der Waals surface area contributed by atoms with Crippen molar-refractivity contribution in [1.82, 2.24) is 29.9 Å². The average Bonchev–Trinajstić information content (AvgIpc) is 3.37. The van der Waals surface area contributed by atoms with Crippen LogP contribution in [0.2, 0.25) is 0 Å². The minimum atomic E-state index is -0.188. The molecule has 0 atom stereocenters. The number of nitrogens with one attached hydrogen (secondary N) is 2. The molecule has 0 aliphatic carbocycles. The molecular weight excluding hydrogens is 316 g/mol. The molecule has 0 saturated heterocycles. The zero-order valence-electron chi connectivity index (χ0n) is 13.6. The van der Waals surface area contributed by atoms with Crippen molar-refractivity contribution in [2.45, 2.75) is 13.1 Å². The Hall–Kier alpha value is -3.35. The second-order valence-corrected chi connectivity index (χ2v) is 5.81. The van der Waals surface area contributed by atoms with Crippen molar-refractivity contribution in [2.75, 3.05) is 6.54 Å². The molecule has 2 N–H and O–H groups in total. The Morgan fingerprint density at radius 3 is 2.96 bits per heavy atom.